The van der Waals surface area contributed by atoms with Crippen LogP contribution in [-0.4, -0.2) is 31.0 Å². The summed E-state index contributed by atoms with van der Waals surface area (Å²) in [6.07, 6.45) is 0. The van der Waals surface area contributed by atoms with Gasteiger partial charge in [-0.1, -0.05) is 41.9 Å². The number of rotatable bonds is 5. The molecule has 0 saturated heterocycles. The van der Waals surface area contributed by atoms with E-state index in [4.69, 9.17) is 11.6 Å². The highest BCUT2D eigenvalue weighted by atomic mass is 35.5. The maximum absolute atomic E-state index is 12.1. The Labute approximate surface area is 146 Å². The van der Waals surface area contributed by atoms with Gasteiger partial charge in [-0.25, -0.2) is 0 Å². The Balaban J connectivity index is 1.67. The van der Waals surface area contributed by atoms with Crippen LogP contribution in [0.25, 0.3) is 11.4 Å². The molecule has 25 heavy (non-hydrogen) atoms. The maximum atomic E-state index is 12.1. The number of nitrogens with zero attached hydrogens (tertiary/aromatic N) is 5. The number of hydrogen-bond acceptors (Lipinski definition) is 6. The van der Waals surface area contributed by atoms with Crippen LogP contribution in [0.2, 0.25) is 5.02 Å². The quantitative estimate of drug-likeness (QED) is 0.553. The standard InChI is InChI=1S/C15H11ClN6O3/c16-12-8-11(22(24)25)6-7-13(12)17-14(23)9-21-19-15(18-20-21)10-4-2-1-3-5-10/h1-8H,9H2,(H,17,23). The molecule has 126 valence electrons. The third kappa shape index (κ3) is 3.96. The number of nitro groups is 1. The van der Waals surface area contributed by atoms with E-state index in [0.29, 0.717) is 5.82 Å². The number of carbonyl (C=O) groups excluding carboxylic acids is 1. The third-order valence-electron chi connectivity index (χ3n) is 3.21. The topological polar surface area (TPSA) is 116 Å². The molecule has 0 radical (unpaired) electrons. The molecule has 0 aliphatic rings. The van der Waals surface area contributed by atoms with Crippen LogP contribution in [0, 0.1) is 10.1 Å². The third-order valence-corrected chi connectivity index (χ3v) is 3.52. The minimum atomic E-state index is -0.568. The number of benzene rings is 2. The molecule has 0 bridgehead atoms. The van der Waals surface area contributed by atoms with Gasteiger partial charge in [0.25, 0.3) is 5.69 Å². The molecule has 10 heteroatoms. The molecule has 0 atom stereocenters. The van der Waals surface area contributed by atoms with Crippen molar-refractivity contribution in [2.45, 2.75) is 6.54 Å². The molecular formula is C15H11ClN6O3. The lowest BCUT2D eigenvalue weighted by molar-refractivity contribution is -0.384. The highest BCUT2D eigenvalue weighted by molar-refractivity contribution is 6.33. The van der Waals surface area contributed by atoms with Gasteiger partial charge in [-0.15, -0.1) is 10.2 Å². The lowest BCUT2D eigenvalue weighted by Gasteiger charge is -2.06. The van der Waals surface area contributed by atoms with Gasteiger partial charge in [0.2, 0.25) is 11.7 Å². The van der Waals surface area contributed by atoms with Crippen LogP contribution in [0.4, 0.5) is 11.4 Å². The van der Waals surface area contributed by atoms with Crippen LogP contribution in [-0.2, 0) is 11.3 Å². The predicted octanol–water partition coefficient (Wildman–Crippen LogP) is 2.54. The van der Waals surface area contributed by atoms with E-state index in [9.17, 15) is 14.9 Å². The van der Waals surface area contributed by atoms with Gasteiger partial charge in [-0.05, 0) is 11.3 Å². The Morgan fingerprint density at radius 3 is 2.68 bits per heavy atom. The Bertz CT molecular complexity index is 928. The average Bonchev–Trinajstić information content (AvgIpc) is 3.05. The zero-order valence-electron chi connectivity index (χ0n) is 12.7. The molecule has 3 rings (SSSR count). The molecule has 1 N–H and O–H groups in total. The van der Waals surface area contributed by atoms with Crippen molar-refractivity contribution < 1.29 is 9.72 Å². The number of nitrogens with one attached hydrogen (secondary N) is 1. The van der Waals surface area contributed by atoms with Gasteiger partial charge < -0.3 is 5.32 Å². The summed E-state index contributed by atoms with van der Waals surface area (Å²) < 4.78 is 0. The van der Waals surface area contributed by atoms with Crippen LogP contribution in [0.1, 0.15) is 0 Å². The van der Waals surface area contributed by atoms with Crippen molar-refractivity contribution in [2.75, 3.05) is 5.32 Å². The molecule has 0 unspecified atom stereocenters. The fourth-order valence-corrected chi connectivity index (χ4v) is 2.27. The highest BCUT2D eigenvalue weighted by Crippen LogP contribution is 2.26. The Morgan fingerprint density at radius 2 is 2.00 bits per heavy atom. The van der Waals surface area contributed by atoms with Gasteiger partial charge in [-0.3, -0.25) is 14.9 Å². The maximum Gasteiger partial charge on any atom is 0.271 e. The van der Waals surface area contributed by atoms with E-state index < -0.39 is 10.8 Å². The highest BCUT2D eigenvalue weighted by Gasteiger charge is 2.13. The number of aromatic nitrogens is 4. The molecule has 1 aromatic heterocycles. The summed E-state index contributed by atoms with van der Waals surface area (Å²) in [5.41, 5.74) is 0.890. The second-order valence-electron chi connectivity index (χ2n) is 4.98. The van der Waals surface area contributed by atoms with Gasteiger partial charge in [0.1, 0.15) is 6.54 Å². The van der Waals surface area contributed by atoms with Crippen LogP contribution < -0.4 is 5.32 Å². The van der Waals surface area contributed by atoms with Crippen molar-refractivity contribution in [3.63, 3.8) is 0 Å². The number of nitro benzene ring substituents is 1. The fourth-order valence-electron chi connectivity index (χ4n) is 2.05. The molecule has 0 spiro atoms. The Morgan fingerprint density at radius 1 is 1.24 bits per heavy atom. The fraction of sp³-hybridized carbons (Fsp3) is 0.0667. The summed E-state index contributed by atoms with van der Waals surface area (Å²) in [6, 6.07) is 13.0. The summed E-state index contributed by atoms with van der Waals surface area (Å²) in [7, 11) is 0. The molecule has 1 amide bonds. The van der Waals surface area contributed by atoms with Crippen molar-refractivity contribution in [2.24, 2.45) is 0 Å². The van der Waals surface area contributed by atoms with Crippen molar-refractivity contribution in [1.82, 2.24) is 20.2 Å². The summed E-state index contributed by atoms with van der Waals surface area (Å²) >= 11 is 5.94. The number of carbonyl (C=O) groups is 1. The number of tetrazole rings is 1. The van der Waals surface area contributed by atoms with E-state index in [-0.39, 0.29) is 22.9 Å². The second kappa shape index (κ2) is 7.05. The first-order valence-corrected chi connectivity index (χ1v) is 7.48. The Kier molecular flexibility index (Phi) is 4.66. The summed E-state index contributed by atoms with van der Waals surface area (Å²) in [4.78, 5) is 23.3. The van der Waals surface area contributed by atoms with Crippen molar-refractivity contribution in [3.05, 3.63) is 63.7 Å². The lowest BCUT2D eigenvalue weighted by atomic mass is 10.2. The van der Waals surface area contributed by atoms with E-state index in [1.807, 2.05) is 30.3 Å². The van der Waals surface area contributed by atoms with E-state index in [1.54, 1.807) is 0 Å². The van der Waals surface area contributed by atoms with Crippen molar-refractivity contribution >= 4 is 28.9 Å². The molecular weight excluding hydrogens is 348 g/mol. The summed E-state index contributed by atoms with van der Waals surface area (Å²) in [6.45, 7) is -0.173. The Hall–Kier alpha value is -3.33. The lowest BCUT2D eigenvalue weighted by Crippen LogP contribution is -2.20. The molecule has 0 saturated carbocycles. The number of amides is 1. The minimum Gasteiger partial charge on any atom is -0.323 e. The largest absolute Gasteiger partial charge is 0.323 e. The van der Waals surface area contributed by atoms with Crippen LogP contribution in [0.3, 0.4) is 0 Å². The van der Waals surface area contributed by atoms with E-state index >= 15 is 0 Å². The number of hydrogen-bond donors (Lipinski definition) is 1. The summed E-state index contributed by atoms with van der Waals surface area (Å²) in [5, 5.41) is 25.2. The van der Waals surface area contributed by atoms with E-state index in [0.717, 1.165) is 10.4 Å². The van der Waals surface area contributed by atoms with E-state index in [1.165, 1.54) is 18.2 Å². The van der Waals surface area contributed by atoms with Gasteiger partial charge in [0.05, 0.1) is 15.6 Å². The second-order valence-corrected chi connectivity index (χ2v) is 5.39. The van der Waals surface area contributed by atoms with Gasteiger partial charge in [0, 0.05) is 17.7 Å². The number of non-ortho nitro benzene ring substituents is 1. The smallest absolute Gasteiger partial charge is 0.271 e. The molecule has 9 nitrogen and oxygen atoms in total. The molecule has 1 heterocycles. The molecule has 0 aliphatic carbocycles. The van der Waals surface area contributed by atoms with Crippen molar-refractivity contribution in [1.29, 1.82) is 0 Å². The van der Waals surface area contributed by atoms with Gasteiger partial charge in [0.15, 0.2) is 0 Å². The van der Waals surface area contributed by atoms with Crippen LogP contribution in [0.15, 0.2) is 48.5 Å². The zero-order chi connectivity index (χ0) is 17.8. The normalized spacial score (nSPS) is 10.4. The monoisotopic (exact) mass is 358 g/mol. The van der Waals surface area contributed by atoms with Crippen LogP contribution >= 0.6 is 11.6 Å². The van der Waals surface area contributed by atoms with Gasteiger partial charge in [-0.2, -0.15) is 4.80 Å². The van der Waals surface area contributed by atoms with Gasteiger partial charge >= 0.3 is 0 Å². The average molecular weight is 359 g/mol. The molecule has 3 aromatic rings. The first kappa shape index (κ1) is 16.5. The van der Waals surface area contributed by atoms with Crippen molar-refractivity contribution in [3.8, 4) is 11.4 Å². The molecule has 2 aromatic carbocycles. The first-order valence-electron chi connectivity index (χ1n) is 7.10. The summed E-state index contributed by atoms with van der Waals surface area (Å²) in [5.74, 6) is -0.0328. The molecule has 0 aliphatic heterocycles. The molecule has 0 fully saturated rings. The van der Waals surface area contributed by atoms with E-state index in [2.05, 4.69) is 20.7 Å². The predicted molar refractivity (Wildman–Crippen MR) is 90.0 cm³/mol. The number of halogens is 1. The number of anilines is 1. The first-order chi connectivity index (χ1) is 12.0. The SMILES string of the molecule is O=C(Cn1nnc(-c2ccccc2)n1)Nc1ccc([N+](=O)[O-])cc1Cl. The zero-order valence-corrected chi connectivity index (χ0v) is 13.4. The minimum absolute atomic E-state index is 0.0686. The van der Waals surface area contributed by atoms with Crippen LogP contribution in [0.5, 0.6) is 0 Å².